The van der Waals surface area contributed by atoms with E-state index in [9.17, 15) is 18.0 Å². The number of halogens is 1. The topological polar surface area (TPSA) is 96.0 Å². The monoisotopic (exact) mass is 585 g/mol. The summed E-state index contributed by atoms with van der Waals surface area (Å²) in [5.41, 5.74) is 2.67. The van der Waals surface area contributed by atoms with Crippen LogP contribution in [0.2, 0.25) is 5.02 Å². The Bertz CT molecular complexity index is 1430. The van der Waals surface area contributed by atoms with E-state index in [-0.39, 0.29) is 23.0 Å². The highest BCUT2D eigenvalue weighted by Crippen LogP contribution is 2.34. The third kappa shape index (κ3) is 7.34. The van der Waals surface area contributed by atoms with Crippen LogP contribution in [0.3, 0.4) is 0 Å². The Balaban J connectivity index is 2.12. The first-order chi connectivity index (χ1) is 19.0. The highest BCUT2D eigenvalue weighted by molar-refractivity contribution is 7.92. The lowest BCUT2D eigenvalue weighted by Gasteiger charge is -2.33. The van der Waals surface area contributed by atoms with Gasteiger partial charge in [-0.3, -0.25) is 13.9 Å². The van der Waals surface area contributed by atoms with Crippen molar-refractivity contribution in [2.45, 2.75) is 51.6 Å². The van der Waals surface area contributed by atoms with Gasteiger partial charge in [-0.25, -0.2) is 8.42 Å². The van der Waals surface area contributed by atoms with Crippen LogP contribution in [0.25, 0.3) is 0 Å². The predicted octanol–water partition coefficient (Wildman–Crippen LogP) is 5.10. The molecule has 3 aromatic rings. The van der Waals surface area contributed by atoms with Gasteiger partial charge in [0.1, 0.15) is 18.3 Å². The third-order valence-corrected chi connectivity index (χ3v) is 8.52. The number of anilines is 1. The number of carbonyl (C=O) groups excluding carboxylic acids is 2. The summed E-state index contributed by atoms with van der Waals surface area (Å²) < 4.78 is 34.7. The molecule has 2 amide bonds. The van der Waals surface area contributed by atoms with Crippen LogP contribution in [0.5, 0.6) is 5.75 Å². The number of amides is 2. The molecule has 0 fully saturated rings. The largest absolute Gasteiger partial charge is 0.495 e. The minimum absolute atomic E-state index is 0.0366. The summed E-state index contributed by atoms with van der Waals surface area (Å²) in [5, 5.41) is 3.33. The number of hydrogen-bond acceptors (Lipinski definition) is 5. The zero-order valence-electron chi connectivity index (χ0n) is 23.5. The van der Waals surface area contributed by atoms with E-state index in [4.69, 9.17) is 16.3 Å². The summed E-state index contributed by atoms with van der Waals surface area (Å²) in [4.78, 5) is 28.6. The molecule has 3 aromatic carbocycles. The van der Waals surface area contributed by atoms with Crippen molar-refractivity contribution < 1.29 is 22.7 Å². The van der Waals surface area contributed by atoms with Crippen LogP contribution in [0, 0.1) is 13.8 Å². The molecule has 1 atom stereocenters. The lowest BCUT2D eigenvalue weighted by molar-refractivity contribution is -0.140. The lowest BCUT2D eigenvalue weighted by Crippen LogP contribution is -2.52. The van der Waals surface area contributed by atoms with Gasteiger partial charge in [0.25, 0.3) is 10.0 Å². The fraction of sp³-hybridized carbons (Fsp3) is 0.333. The molecular weight excluding hydrogens is 550 g/mol. The number of carbonyl (C=O) groups is 2. The van der Waals surface area contributed by atoms with E-state index in [0.29, 0.717) is 23.7 Å². The maximum atomic E-state index is 14.1. The van der Waals surface area contributed by atoms with Gasteiger partial charge in [-0.2, -0.15) is 0 Å². The molecule has 10 heteroatoms. The normalized spacial score (nSPS) is 11.9. The van der Waals surface area contributed by atoms with Gasteiger partial charge in [-0.05, 0) is 74.7 Å². The summed E-state index contributed by atoms with van der Waals surface area (Å²) in [7, 11) is -2.76. The maximum absolute atomic E-state index is 14.1. The molecule has 0 aliphatic rings. The zero-order chi connectivity index (χ0) is 29.4. The van der Waals surface area contributed by atoms with E-state index >= 15 is 0 Å². The van der Waals surface area contributed by atoms with Crippen molar-refractivity contribution in [2.24, 2.45) is 0 Å². The molecule has 0 aliphatic carbocycles. The molecule has 8 nitrogen and oxygen atoms in total. The minimum Gasteiger partial charge on any atom is -0.495 e. The van der Waals surface area contributed by atoms with Crippen molar-refractivity contribution in [3.05, 3.63) is 88.4 Å². The Kier molecular flexibility index (Phi) is 10.6. The second-order valence-electron chi connectivity index (χ2n) is 9.47. The summed E-state index contributed by atoms with van der Waals surface area (Å²) in [6.45, 7) is 7.25. The first kappa shape index (κ1) is 31.0. The van der Waals surface area contributed by atoms with Crippen molar-refractivity contribution in [1.82, 2.24) is 10.2 Å². The van der Waals surface area contributed by atoms with Gasteiger partial charge in [-0.15, -0.1) is 0 Å². The molecule has 0 saturated heterocycles. The molecule has 0 saturated carbocycles. The first-order valence-corrected chi connectivity index (χ1v) is 14.9. The SMILES string of the molecule is CCNC(=O)[C@H](CC)N(Cc1ccc(Cl)cc1)C(=O)CN(c1cc(C)ccc1OC)S(=O)(=O)c1ccc(C)cc1. The Morgan fingerprint density at radius 3 is 2.15 bits per heavy atom. The summed E-state index contributed by atoms with van der Waals surface area (Å²) >= 11 is 6.06. The average molecular weight is 586 g/mol. The number of benzene rings is 3. The molecule has 0 aromatic heterocycles. The molecular formula is C30H36ClN3O5S. The average Bonchev–Trinajstić information content (AvgIpc) is 2.92. The number of methoxy groups -OCH3 is 1. The Morgan fingerprint density at radius 2 is 1.57 bits per heavy atom. The standard InChI is InChI=1S/C30H36ClN3O5S/c1-6-26(30(36)32-7-2)33(19-23-11-13-24(31)14-12-23)29(35)20-34(27-18-22(4)10-17-28(27)39-5)40(37,38)25-15-8-21(3)9-16-25/h8-18,26H,6-7,19-20H2,1-5H3,(H,32,36)/t26-/m0/s1. The third-order valence-electron chi connectivity index (χ3n) is 6.49. The Hall–Kier alpha value is -3.56. The van der Waals surface area contributed by atoms with Crippen LogP contribution < -0.4 is 14.4 Å². The Morgan fingerprint density at radius 1 is 0.950 bits per heavy atom. The number of aryl methyl sites for hydroxylation is 2. The van der Waals surface area contributed by atoms with Crippen LogP contribution in [0.1, 0.15) is 37.0 Å². The van der Waals surface area contributed by atoms with Gasteiger partial charge < -0.3 is 15.0 Å². The molecule has 0 spiro atoms. The van der Waals surface area contributed by atoms with Crippen LogP contribution in [-0.4, -0.2) is 51.4 Å². The highest BCUT2D eigenvalue weighted by Gasteiger charge is 2.34. The second-order valence-corrected chi connectivity index (χ2v) is 11.8. The van der Waals surface area contributed by atoms with E-state index in [1.165, 1.54) is 24.1 Å². The predicted molar refractivity (Wildman–Crippen MR) is 158 cm³/mol. The lowest BCUT2D eigenvalue weighted by atomic mass is 10.1. The van der Waals surface area contributed by atoms with Crippen LogP contribution in [-0.2, 0) is 26.2 Å². The molecule has 0 unspecified atom stereocenters. The summed E-state index contributed by atoms with van der Waals surface area (Å²) in [6.07, 6.45) is 0.337. The van der Waals surface area contributed by atoms with Gasteiger partial charge in [0.2, 0.25) is 11.8 Å². The van der Waals surface area contributed by atoms with Gasteiger partial charge in [0.05, 0.1) is 17.7 Å². The van der Waals surface area contributed by atoms with E-state index in [1.54, 1.807) is 61.5 Å². The molecule has 0 heterocycles. The molecule has 3 rings (SSSR count). The van der Waals surface area contributed by atoms with Crippen molar-refractivity contribution in [2.75, 3.05) is 24.5 Å². The van der Waals surface area contributed by atoms with E-state index in [1.807, 2.05) is 20.8 Å². The molecule has 0 aliphatic heterocycles. The molecule has 0 radical (unpaired) electrons. The second kappa shape index (κ2) is 13.7. The van der Waals surface area contributed by atoms with Crippen LogP contribution in [0.15, 0.2) is 71.6 Å². The van der Waals surface area contributed by atoms with Gasteiger partial charge in [0.15, 0.2) is 0 Å². The van der Waals surface area contributed by atoms with Crippen molar-refractivity contribution in [3.8, 4) is 5.75 Å². The maximum Gasteiger partial charge on any atom is 0.264 e. The number of nitrogens with zero attached hydrogens (tertiary/aromatic N) is 2. The minimum atomic E-state index is -4.20. The first-order valence-electron chi connectivity index (χ1n) is 13.1. The number of ether oxygens (including phenoxy) is 1. The molecule has 1 N–H and O–H groups in total. The summed E-state index contributed by atoms with van der Waals surface area (Å²) in [6, 6.07) is 17.7. The van der Waals surface area contributed by atoms with Crippen molar-refractivity contribution >= 4 is 39.1 Å². The fourth-order valence-corrected chi connectivity index (χ4v) is 5.89. The molecule has 40 heavy (non-hydrogen) atoms. The van der Waals surface area contributed by atoms with E-state index in [0.717, 1.165) is 21.0 Å². The van der Waals surface area contributed by atoms with Crippen molar-refractivity contribution in [3.63, 3.8) is 0 Å². The van der Waals surface area contributed by atoms with Crippen LogP contribution in [0.4, 0.5) is 5.69 Å². The number of likely N-dealkylation sites (N-methyl/N-ethyl adjacent to an activating group) is 1. The van der Waals surface area contributed by atoms with Gasteiger partial charge >= 0.3 is 0 Å². The quantitative estimate of drug-likeness (QED) is 0.319. The molecule has 0 bridgehead atoms. The van der Waals surface area contributed by atoms with Gasteiger partial charge in [0, 0.05) is 18.1 Å². The number of rotatable bonds is 12. The van der Waals surface area contributed by atoms with Crippen LogP contribution >= 0.6 is 11.6 Å². The number of nitrogens with one attached hydrogen (secondary N) is 1. The number of sulfonamides is 1. The Labute approximate surface area is 241 Å². The number of hydrogen-bond donors (Lipinski definition) is 1. The fourth-order valence-electron chi connectivity index (χ4n) is 4.34. The molecule has 214 valence electrons. The van der Waals surface area contributed by atoms with E-state index < -0.39 is 28.5 Å². The summed E-state index contributed by atoms with van der Waals surface area (Å²) in [5.74, 6) is -0.546. The van der Waals surface area contributed by atoms with Gasteiger partial charge in [-0.1, -0.05) is 54.4 Å². The highest BCUT2D eigenvalue weighted by atomic mass is 35.5. The smallest absolute Gasteiger partial charge is 0.264 e. The van der Waals surface area contributed by atoms with E-state index in [2.05, 4.69) is 5.32 Å². The van der Waals surface area contributed by atoms with Crippen molar-refractivity contribution in [1.29, 1.82) is 0 Å². The zero-order valence-corrected chi connectivity index (χ0v) is 25.1.